The first-order valence-electron chi connectivity index (χ1n) is 11.0. The van der Waals surface area contributed by atoms with Gasteiger partial charge in [-0.3, -0.25) is 14.4 Å². The van der Waals surface area contributed by atoms with Crippen LogP contribution in [0.5, 0.6) is 5.75 Å². The van der Waals surface area contributed by atoms with Crippen molar-refractivity contribution in [2.75, 3.05) is 31.6 Å². The molecule has 0 bridgehead atoms. The smallest absolute Gasteiger partial charge is 0.258 e. The van der Waals surface area contributed by atoms with Crippen LogP contribution >= 0.6 is 0 Å². The second kappa shape index (κ2) is 10.8. The van der Waals surface area contributed by atoms with E-state index in [4.69, 9.17) is 4.74 Å². The van der Waals surface area contributed by atoms with Gasteiger partial charge in [-0.25, -0.2) is 0 Å². The van der Waals surface area contributed by atoms with Gasteiger partial charge < -0.3 is 20.3 Å². The number of para-hydroxylation sites is 1. The van der Waals surface area contributed by atoms with Gasteiger partial charge in [0.2, 0.25) is 5.91 Å². The van der Waals surface area contributed by atoms with Crippen molar-refractivity contribution in [2.45, 2.75) is 40.0 Å². The van der Waals surface area contributed by atoms with Crippen LogP contribution in [0.3, 0.4) is 0 Å². The molecule has 1 fully saturated rings. The molecule has 0 aromatic heterocycles. The molecular weight excluding hydrogens is 406 g/mol. The summed E-state index contributed by atoms with van der Waals surface area (Å²) >= 11 is 0. The number of nitrogens with one attached hydrogen (secondary N) is 2. The molecule has 0 saturated carbocycles. The Morgan fingerprint density at radius 3 is 2.28 bits per heavy atom. The first-order valence-corrected chi connectivity index (χ1v) is 11.0. The summed E-state index contributed by atoms with van der Waals surface area (Å²) in [5, 5.41) is 5.41. The highest BCUT2D eigenvalue weighted by molar-refractivity contribution is 5.97. The lowest BCUT2D eigenvalue weighted by Gasteiger charge is -2.27. The number of amides is 3. The summed E-state index contributed by atoms with van der Waals surface area (Å²) in [7, 11) is 0. The van der Waals surface area contributed by atoms with Gasteiger partial charge in [0.05, 0.1) is 12.1 Å². The first-order chi connectivity index (χ1) is 15.3. The molecule has 0 unspecified atom stereocenters. The van der Waals surface area contributed by atoms with Gasteiger partial charge in [-0.1, -0.05) is 29.8 Å². The zero-order valence-electron chi connectivity index (χ0n) is 19.0. The van der Waals surface area contributed by atoms with E-state index in [-0.39, 0.29) is 25.0 Å². The van der Waals surface area contributed by atoms with E-state index in [9.17, 15) is 14.4 Å². The molecule has 0 atom stereocenters. The standard InChI is InChI=1S/C25H31N3O4/c1-17-13-18(2)24(19(3)14-17)27-22(29)15-26-23(30)16-32-21-10-6-5-9-20(21)25(31)28-11-7-4-8-12-28/h5-6,9-10,13-14H,4,7-8,11-12,15-16H2,1-3H3,(H,26,30)(H,27,29). The van der Waals surface area contributed by atoms with Crippen LogP contribution in [0.25, 0.3) is 0 Å². The van der Waals surface area contributed by atoms with E-state index >= 15 is 0 Å². The molecule has 2 N–H and O–H groups in total. The van der Waals surface area contributed by atoms with Crippen LogP contribution < -0.4 is 15.4 Å². The summed E-state index contributed by atoms with van der Waals surface area (Å²) in [5.41, 5.74) is 4.28. The molecule has 1 aliphatic heterocycles. The van der Waals surface area contributed by atoms with Crippen molar-refractivity contribution in [2.24, 2.45) is 0 Å². The molecule has 3 amide bonds. The second-order valence-corrected chi connectivity index (χ2v) is 8.24. The van der Waals surface area contributed by atoms with E-state index in [1.165, 1.54) is 0 Å². The molecule has 1 saturated heterocycles. The van der Waals surface area contributed by atoms with Crippen molar-refractivity contribution in [1.82, 2.24) is 10.2 Å². The Labute approximate surface area is 189 Å². The van der Waals surface area contributed by atoms with Crippen LogP contribution in [-0.2, 0) is 9.59 Å². The van der Waals surface area contributed by atoms with Crippen molar-refractivity contribution in [1.29, 1.82) is 0 Å². The maximum Gasteiger partial charge on any atom is 0.258 e. The average Bonchev–Trinajstić information content (AvgIpc) is 2.79. The van der Waals surface area contributed by atoms with E-state index in [1.807, 2.05) is 37.8 Å². The van der Waals surface area contributed by atoms with Gasteiger partial charge >= 0.3 is 0 Å². The summed E-state index contributed by atoms with van der Waals surface area (Å²) in [6, 6.07) is 10.9. The second-order valence-electron chi connectivity index (χ2n) is 8.24. The number of hydrogen-bond acceptors (Lipinski definition) is 4. The van der Waals surface area contributed by atoms with Gasteiger partial charge in [-0.05, 0) is 63.3 Å². The molecule has 2 aromatic rings. The molecule has 2 aromatic carbocycles. The summed E-state index contributed by atoms with van der Waals surface area (Å²) in [4.78, 5) is 39.2. The maximum atomic E-state index is 12.8. The average molecular weight is 438 g/mol. The number of carbonyl (C=O) groups excluding carboxylic acids is 3. The Hall–Kier alpha value is -3.35. The van der Waals surface area contributed by atoms with Crippen LogP contribution in [0.1, 0.15) is 46.3 Å². The summed E-state index contributed by atoms with van der Waals surface area (Å²) in [6.45, 7) is 6.91. The Balaban J connectivity index is 1.51. The Kier molecular flexibility index (Phi) is 7.87. The molecule has 1 heterocycles. The number of piperidine rings is 1. The molecule has 7 heteroatoms. The van der Waals surface area contributed by atoms with E-state index in [0.29, 0.717) is 11.3 Å². The normalized spacial score (nSPS) is 13.4. The fourth-order valence-corrected chi connectivity index (χ4v) is 3.97. The molecule has 0 spiro atoms. The van der Waals surface area contributed by atoms with E-state index in [1.54, 1.807) is 24.3 Å². The number of rotatable bonds is 7. The third kappa shape index (κ3) is 6.09. The van der Waals surface area contributed by atoms with Crippen LogP contribution in [0, 0.1) is 20.8 Å². The number of carbonyl (C=O) groups is 3. The van der Waals surface area contributed by atoms with Crippen molar-refractivity contribution in [3.63, 3.8) is 0 Å². The molecule has 0 aliphatic carbocycles. The third-order valence-corrected chi connectivity index (χ3v) is 5.51. The molecule has 32 heavy (non-hydrogen) atoms. The Morgan fingerprint density at radius 2 is 1.59 bits per heavy atom. The third-order valence-electron chi connectivity index (χ3n) is 5.51. The quantitative estimate of drug-likeness (QED) is 0.695. The van der Waals surface area contributed by atoms with Crippen LogP contribution in [-0.4, -0.2) is 48.9 Å². The van der Waals surface area contributed by atoms with Gasteiger partial charge in [0.25, 0.3) is 11.8 Å². The van der Waals surface area contributed by atoms with Gasteiger partial charge in [0.1, 0.15) is 5.75 Å². The van der Waals surface area contributed by atoms with E-state index in [2.05, 4.69) is 10.6 Å². The monoisotopic (exact) mass is 437 g/mol. The summed E-state index contributed by atoms with van der Waals surface area (Å²) < 4.78 is 5.62. The zero-order chi connectivity index (χ0) is 23.1. The number of nitrogens with zero attached hydrogens (tertiary/aromatic N) is 1. The highest BCUT2D eigenvalue weighted by Crippen LogP contribution is 2.23. The van der Waals surface area contributed by atoms with Gasteiger partial charge in [0.15, 0.2) is 6.61 Å². The lowest BCUT2D eigenvalue weighted by molar-refractivity contribution is -0.125. The molecule has 170 valence electrons. The molecule has 3 rings (SSSR count). The number of aryl methyl sites for hydroxylation is 3. The molecule has 0 radical (unpaired) electrons. The molecule has 1 aliphatic rings. The number of hydrogen-bond donors (Lipinski definition) is 2. The highest BCUT2D eigenvalue weighted by Gasteiger charge is 2.21. The van der Waals surface area contributed by atoms with Gasteiger partial charge in [-0.2, -0.15) is 0 Å². The maximum absolute atomic E-state index is 12.8. The van der Waals surface area contributed by atoms with Gasteiger partial charge in [-0.15, -0.1) is 0 Å². The van der Waals surface area contributed by atoms with Crippen molar-refractivity contribution >= 4 is 23.4 Å². The van der Waals surface area contributed by atoms with Crippen LogP contribution in [0.15, 0.2) is 36.4 Å². The SMILES string of the molecule is Cc1cc(C)c(NC(=O)CNC(=O)COc2ccccc2C(=O)N2CCCCC2)c(C)c1. The van der Waals surface area contributed by atoms with Gasteiger partial charge in [0, 0.05) is 18.8 Å². The fraction of sp³-hybridized carbons (Fsp3) is 0.400. The molecular formula is C25H31N3O4. The number of ether oxygens (including phenoxy) is 1. The number of anilines is 1. The fourth-order valence-electron chi connectivity index (χ4n) is 3.97. The Bertz CT molecular complexity index is 973. The van der Waals surface area contributed by atoms with Crippen molar-refractivity contribution in [3.05, 3.63) is 58.7 Å². The minimum atomic E-state index is -0.433. The minimum absolute atomic E-state index is 0.0797. The first kappa shape index (κ1) is 23.3. The highest BCUT2D eigenvalue weighted by atomic mass is 16.5. The lowest BCUT2D eigenvalue weighted by Crippen LogP contribution is -2.37. The van der Waals surface area contributed by atoms with E-state index in [0.717, 1.165) is 54.7 Å². The molecule has 7 nitrogen and oxygen atoms in total. The number of benzene rings is 2. The zero-order valence-corrected chi connectivity index (χ0v) is 19.0. The predicted octanol–water partition coefficient (Wildman–Crippen LogP) is 3.37. The Morgan fingerprint density at radius 1 is 0.938 bits per heavy atom. The van der Waals surface area contributed by atoms with Crippen LogP contribution in [0.4, 0.5) is 5.69 Å². The van der Waals surface area contributed by atoms with Crippen LogP contribution in [0.2, 0.25) is 0 Å². The number of likely N-dealkylation sites (tertiary alicyclic amines) is 1. The minimum Gasteiger partial charge on any atom is -0.483 e. The van der Waals surface area contributed by atoms with Crippen molar-refractivity contribution < 1.29 is 19.1 Å². The topological polar surface area (TPSA) is 87.7 Å². The summed E-state index contributed by atoms with van der Waals surface area (Å²) in [5.74, 6) is -0.454. The predicted molar refractivity (Wildman–Crippen MR) is 124 cm³/mol. The summed E-state index contributed by atoms with van der Waals surface area (Å²) in [6.07, 6.45) is 3.14. The van der Waals surface area contributed by atoms with E-state index < -0.39 is 5.91 Å². The van der Waals surface area contributed by atoms with Crippen molar-refractivity contribution in [3.8, 4) is 5.75 Å². The largest absolute Gasteiger partial charge is 0.483 e. The lowest BCUT2D eigenvalue weighted by atomic mass is 10.1.